The van der Waals surface area contributed by atoms with Crippen LogP contribution in [0.25, 0.3) is 11.5 Å². The molecule has 1 saturated carbocycles. The quantitative estimate of drug-likeness (QED) is 0.884. The SMILES string of the molecule is CC(NC(=O)C1(CN)CCCC1)c1noc(-c2ccccc2)n1. The molecule has 2 aromatic rings. The molecular weight excluding hydrogens is 292 g/mol. The molecule has 1 heterocycles. The van der Waals surface area contributed by atoms with Gasteiger partial charge < -0.3 is 15.6 Å². The molecule has 1 fully saturated rings. The van der Waals surface area contributed by atoms with E-state index in [9.17, 15) is 4.79 Å². The fourth-order valence-electron chi connectivity index (χ4n) is 3.10. The minimum atomic E-state index is -0.430. The maximum Gasteiger partial charge on any atom is 0.257 e. The number of nitrogens with two attached hydrogens (primary N) is 1. The summed E-state index contributed by atoms with van der Waals surface area (Å²) >= 11 is 0. The third-order valence-corrected chi connectivity index (χ3v) is 4.63. The number of amides is 1. The minimum Gasteiger partial charge on any atom is -0.346 e. The Balaban J connectivity index is 1.70. The van der Waals surface area contributed by atoms with Gasteiger partial charge in [0.05, 0.1) is 11.5 Å². The Morgan fingerprint density at radius 3 is 2.70 bits per heavy atom. The summed E-state index contributed by atoms with van der Waals surface area (Å²) in [7, 11) is 0. The van der Waals surface area contributed by atoms with Crippen LogP contribution in [0.4, 0.5) is 0 Å². The number of carbonyl (C=O) groups excluding carboxylic acids is 1. The second kappa shape index (κ2) is 6.50. The van der Waals surface area contributed by atoms with Crippen LogP contribution in [0.5, 0.6) is 0 Å². The number of carbonyl (C=O) groups is 1. The van der Waals surface area contributed by atoms with E-state index >= 15 is 0 Å². The van der Waals surface area contributed by atoms with Crippen LogP contribution < -0.4 is 11.1 Å². The van der Waals surface area contributed by atoms with Crippen LogP contribution in [-0.2, 0) is 4.79 Å². The highest BCUT2D eigenvalue weighted by Crippen LogP contribution is 2.37. The van der Waals surface area contributed by atoms with Crippen LogP contribution in [0, 0.1) is 5.41 Å². The molecule has 3 rings (SSSR count). The van der Waals surface area contributed by atoms with Crippen molar-refractivity contribution in [3.05, 3.63) is 36.2 Å². The maximum absolute atomic E-state index is 12.6. The van der Waals surface area contributed by atoms with Gasteiger partial charge in [-0.25, -0.2) is 0 Å². The van der Waals surface area contributed by atoms with Gasteiger partial charge in [0.1, 0.15) is 0 Å². The lowest BCUT2D eigenvalue weighted by Crippen LogP contribution is -2.45. The maximum atomic E-state index is 12.6. The van der Waals surface area contributed by atoms with Crippen LogP contribution in [0.15, 0.2) is 34.9 Å². The Hall–Kier alpha value is -2.21. The molecule has 1 unspecified atom stereocenters. The van der Waals surface area contributed by atoms with Gasteiger partial charge in [-0.05, 0) is 31.9 Å². The number of hydrogen-bond donors (Lipinski definition) is 2. The zero-order valence-electron chi connectivity index (χ0n) is 13.3. The number of aromatic nitrogens is 2. The number of nitrogens with zero attached hydrogens (tertiary/aromatic N) is 2. The standard InChI is InChI=1S/C17H22N4O2/c1-12(19-16(22)17(11-18)9-5-6-10-17)14-20-15(23-21-14)13-7-3-2-4-8-13/h2-4,7-8,12H,5-6,9-11,18H2,1H3,(H,19,22). The highest BCUT2D eigenvalue weighted by molar-refractivity contribution is 5.83. The molecule has 1 aliphatic rings. The number of benzene rings is 1. The average Bonchev–Trinajstić information content (AvgIpc) is 3.26. The largest absolute Gasteiger partial charge is 0.346 e. The van der Waals surface area contributed by atoms with Crippen molar-refractivity contribution in [1.29, 1.82) is 0 Å². The molecule has 1 aromatic heterocycles. The Morgan fingerprint density at radius 2 is 2.04 bits per heavy atom. The van der Waals surface area contributed by atoms with Gasteiger partial charge in [0.15, 0.2) is 5.82 Å². The summed E-state index contributed by atoms with van der Waals surface area (Å²) in [4.78, 5) is 17.0. The summed E-state index contributed by atoms with van der Waals surface area (Å²) in [6.07, 6.45) is 3.81. The highest BCUT2D eigenvalue weighted by Gasteiger charge is 2.40. The minimum absolute atomic E-state index is 0.00365. The van der Waals surface area contributed by atoms with E-state index in [1.54, 1.807) is 0 Å². The Kier molecular flexibility index (Phi) is 4.43. The van der Waals surface area contributed by atoms with Crippen molar-refractivity contribution in [3.8, 4) is 11.5 Å². The monoisotopic (exact) mass is 314 g/mol. The summed E-state index contributed by atoms with van der Waals surface area (Å²) in [5.41, 5.74) is 6.28. The Morgan fingerprint density at radius 1 is 1.35 bits per heavy atom. The molecule has 1 aromatic carbocycles. The van der Waals surface area contributed by atoms with Gasteiger partial charge in [0.25, 0.3) is 5.89 Å². The zero-order valence-corrected chi connectivity index (χ0v) is 13.3. The van der Waals surface area contributed by atoms with E-state index in [0.717, 1.165) is 31.2 Å². The van der Waals surface area contributed by atoms with E-state index in [0.29, 0.717) is 18.3 Å². The Labute approximate surface area is 135 Å². The molecule has 23 heavy (non-hydrogen) atoms. The lowest BCUT2D eigenvalue weighted by atomic mass is 9.85. The van der Waals surface area contributed by atoms with Gasteiger partial charge in [0.2, 0.25) is 5.91 Å². The smallest absolute Gasteiger partial charge is 0.257 e. The van der Waals surface area contributed by atoms with Gasteiger partial charge in [-0.15, -0.1) is 0 Å². The van der Waals surface area contributed by atoms with Gasteiger partial charge >= 0.3 is 0 Å². The Bertz CT molecular complexity index is 662. The third kappa shape index (κ3) is 3.12. The first-order chi connectivity index (χ1) is 11.1. The van der Waals surface area contributed by atoms with Gasteiger partial charge in [0, 0.05) is 12.1 Å². The molecular formula is C17H22N4O2. The molecule has 0 aliphatic heterocycles. The van der Waals surface area contributed by atoms with Crippen LogP contribution >= 0.6 is 0 Å². The van der Waals surface area contributed by atoms with E-state index in [1.807, 2.05) is 37.3 Å². The molecule has 0 bridgehead atoms. The highest BCUT2D eigenvalue weighted by atomic mass is 16.5. The normalized spacial score (nSPS) is 17.8. The zero-order chi connectivity index (χ0) is 16.3. The van der Waals surface area contributed by atoms with Gasteiger partial charge in [-0.1, -0.05) is 36.2 Å². The first-order valence-electron chi connectivity index (χ1n) is 8.05. The van der Waals surface area contributed by atoms with Crippen LogP contribution in [-0.4, -0.2) is 22.6 Å². The first-order valence-corrected chi connectivity index (χ1v) is 8.05. The van der Waals surface area contributed by atoms with E-state index in [2.05, 4.69) is 15.5 Å². The lowest BCUT2D eigenvalue weighted by molar-refractivity contribution is -0.131. The first kappa shape index (κ1) is 15.7. The van der Waals surface area contributed by atoms with Crippen LogP contribution in [0.2, 0.25) is 0 Å². The van der Waals surface area contributed by atoms with Crippen molar-refractivity contribution < 1.29 is 9.32 Å². The summed E-state index contributed by atoms with van der Waals surface area (Å²) in [5, 5.41) is 6.98. The molecule has 3 N–H and O–H groups in total. The average molecular weight is 314 g/mol. The summed E-state index contributed by atoms with van der Waals surface area (Å²) in [5.74, 6) is 0.925. The third-order valence-electron chi connectivity index (χ3n) is 4.63. The molecule has 0 spiro atoms. The molecule has 1 atom stereocenters. The van der Waals surface area contributed by atoms with Crippen molar-refractivity contribution >= 4 is 5.91 Å². The molecule has 6 nitrogen and oxygen atoms in total. The lowest BCUT2D eigenvalue weighted by Gasteiger charge is -2.27. The predicted molar refractivity (Wildman–Crippen MR) is 86.2 cm³/mol. The van der Waals surface area contributed by atoms with E-state index in [1.165, 1.54) is 0 Å². The molecule has 1 amide bonds. The van der Waals surface area contributed by atoms with Crippen molar-refractivity contribution in [2.24, 2.45) is 11.1 Å². The second-order valence-electron chi connectivity index (χ2n) is 6.21. The predicted octanol–water partition coefficient (Wildman–Crippen LogP) is 2.43. The van der Waals surface area contributed by atoms with Crippen LogP contribution in [0.1, 0.15) is 44.5 Å². The summed E-state index contributed by atoms with van der Waals surface area (Å²) in [6.45, 7) is 2.24. The second-order valence-corrected chi connectivity index (χ2v) is 6.21. The van der Waals surface area contributed by atoms with Gasteiger partial charge in [-0.3, -0.25) is 4.79 Å². The topological polar surface area (TPSA) is 94.0 Å². The fraction of sp³-hybridized carbons (Fsp3) is 0.471. The fourth-order valence-corrected chi connectivity index (χ4v) is 3.10. The molecule has 6 heteroatoms. The number of hydrogen-bond acceptors (Lipinski definition) is 5. The van der Waals surface area contributed by atoms with Crippen LogP contribution in [0.3, 0.4) is 0 Å². The van der Waals surface area contributed by atoms with Crippen molar-refractivity contribution in [1.82, 2.24) is 15.5 Å². The molecule has 0 radical (unpaired) electrons. The molecule has 0 saturated heterocycles. The van der Waals surface area contributed by atoms with E-state index < -0.39 is 5.41 Å². The number of nitrogens with one attached hydrogen (secondary N) is 1. The summed E-state index contributed by atoms with van der Waals surface area (Å²) in [6, 6.07) is 9.25. The molecule has 122 valence electrons. The van der Waals surface area contributed by atoms with Gasteiger partial charge in [-0.2, -0.15) is 4.98 Å². The summed E-state index contributed by atoms with van der Waals surface area (Å²) < 4.78 is 5.29. The van der Waals surface area contributed by atoms with Crippen molar-refractivity contribution in [3.63, 3.8) is 0 Å². The van der Waals surface area contributed by atoms with Crippen molar-refractivity contribution in [2.45, 2.75) is 38.6 Å². The number of rotatable bonds is 5. The van der Waals surface area contributed by atoms with Crippen molar-refractivity contribution in [2.75, 3.05) is 6.54 Å². The van der Waals surface area contributed by atoms with E-state index in [4.69, 9.17) is 10.3 Å². The van der Waals surface area contributed by atoms with E-state index in [-0.39, 0.29) is 11.9 Å². The molecule has 1 aliphatic carbocycles.